The highest BCUT2D eigenvalue weighted by Crippen LogP contribution is 2.25. The Hall–Kier alpha value is -1.39. The van der Waals surface area contributed by atoms with Crippen LogP contribution in [0.3, 0.4) is 0 Å². The Morgan fingerprint density at radius 3 is 2.00 bits per heavy atom. The number of barbiturate groups is 1. The normalized spacial score (nSPS) is 20.9. The first kappa shape index (κ1) is 9.70. The van der Waals surface area contributed by atoms with E-state index in [4.69, 9.17) is 0 Å². The van der Waals surface area contributed by atoms with Gasteiger partial charge in [0.2, 0.25) is 11.8 Å². The van der Waals surface area contributed by atoms with Crippen molar-refractivity contribution in [2.24, 2.45) is 5.41 Å². The van der Waals surface area contributed by atoms with E-state index >= 15 is 0 Å². The highest BCUT2D eigenvalue weighted by Gasteiger charge is 2.45. The molecule has 0 atom stereocenters. The van der Waals surface area contributed by atoms with Crippen LogP contribution in [0.2, 0.25) is 0 Å². The second kappa shape index (κ2) is 3.16. The summed E-state index contributed by atoms with van der Waals surface area (Å²) in [4.78, 5) is 33.4. The largest absolute Gasteiger partial charge is 0.328 e. The van der Waals surface area contributed by atoms with Crippen molar-refractivity contribution in [1.82, 2.24) is 10.6 Å². The third-order valence-corrected chi connectivity index (χ3v) is 2.21. The molecule has 0 radical (unpaired) electrons. The summed E-state index contributed by atoms with van der Waals surface area (Å²) in [6, 6.07) is -0.733. The Balaban J connectivity index is 2.89. The van der Waals surface area contributed by atoms with Crippen molar-refractivity contribution in [1.29, 1.82) is 0 Å². The maximum atomic E-state index is 11.3. The van der Waals surface area contributed by atoms with Gasteiger partial charge in [-0.15, -0.1) is 0 Å². The van der Waals surface area contributed by atoms with Gasteiger partial charge in [0, 0.05) is 0 Å². The van der Waals surface area contributed by atoms with Gasteiger partial charge in [-0.1, -0.05) is 13.3 Å². The molecule has 5 nitrogen and oxygen atoms in total. The van der Waals surface area contributed by atoms with Gasteiger partial charge in [-0.3, -0.25) is 20.2 Å². The second-order valence-electron chi connectivity index (χ2n) is 3.32. The maximum Gasteiger partial charge on any atom is 0.328 e. The van der Waals surface area contributed by atoms with Crippen LogP contribution in [-0.2, 0) is 9.59 Å². The summed E-state index contributed by atoms with van der Waals surface area (Å²) in [6.45, 7) is 3.41. The van der Waals surface area contributed by atoms with Crippen LogP contribution in [0.1, 0.15) is 26.7 Å². The lowest BCUT2D eigenvalue weighted by Crippen LogP contribution is -2.61. The van der Waals surface area contributed by atoms with Crippen LogP contribution in [0.25, 0.3) is 0 Å². The summed E-state index contributed by atoms with van der Waals surface area (Å²) in [6.07, 6.45) is 1.16. The lowest BCUT2D eigenvalue weighted by Gasteiger charge is -2.29. The quantitative estimate of drug-likeness (QED) is 0.600. The third-order valence-electron chi connectivity index (χ3n) is 2.21. The van der Waals surface area contributed by atoms with Gasteiger partial charge >= 0.3 is 6.03 Å². The standard InChI is InChI=1S/C8H12N2O3/c1-3-4-8(2)5(11)9-7(13)10-6(8)12/h3-4H2,1-2H3,(H2,9,10,11,12,13). The number of urea groups is 1. The highest BCUT2D eigenvalue weighted by molar-refractivity contribution is 6.18. The molecule has 2 N–H and O–H groups in total. The number of carbonyl (C=O) groups excluding carboxylic acids is 3. The van der Waals surface area contributed by atoms with Crippen LogP contribution in [0, 0.1) is 5.41 Å². The SMILES string of the molecule is CCCC1(C)C(=O)NC(=O)NC1=O. The van der Waals surface area contributed by atoms with Gasteiger partial charge in [-0.25, -0.2) is 4.79 Å². The lowest BCUT2D eigenvalue weighted by molar-refractivity contribution is -0.143. The van der Waals surface area contributed by atoms with Crippen molar-refractivity contribution in [3.8, 4) is 0 Å². The molecule has 1 rings (SSSR count). The third kappa shape index (κ3) is 1.54. The Labute approximate surface area is 75.9 Å². The summed E-state index contributed by atoms with van der Waals surface area (Å²) >= 11 is 0. The average Bonchev–Trinajstić information content (AvgIpc) is 2.01. The van der Waals surface area contributed by atoms with E-state index in [1.165, 1.54) is 6.92 Å². The molecule has 1 aliphatic heterocycles. The number of carbonyl (C=O) groups is 3. The van der Waals surface area contributed by atoms with Crippen LogP contribution in [-0.4, -0.2) is 17.8 Å². The van der Waals surface area contributed by atoms with Gasteiger partial charge in [0.25, 0.3) is 0 Å². The number of rotatable bonds is 2. The van der Waals surface area contributed by atoms with E-state index in [9.17, 15) is 14.4 Å². The molecule has 1 saturated heterocycles. The van der Waals surface area contributed by atoms with E-state index in [0.717, 1.165) is 0 Å². The number of nitrogens with one attached hydrogen (secondary N) is 2. The van der Waals surface area contributed by atoms with Crippen molar-refractivity contribution >= 4 is 17.8 Å². The molecule has 0 bridgehead atoms. The van der Waals surface area contributed by atoms with E-state index in [0.29, 0.717) is 12.8 Å². The molecule has 0 aromatic heterocycles. The summed E-state index contributed by atoms with van der Waals surface area (Å²) in [5, 5.41) is 4.15. The molecule has 72 valence electrons. The number of hydrogen-bond acceptors (Lipinski definition) is 3. The van der Waals surface area contributed by atoms with Crippen LogP contribution in [0.4, 0.5) is 4.79 Å². The zero-order chi connectivity index (χ0) is 10.1. The molecule has 0 aromatic rings. The monoisotopic (exact) mass is 184 g/mol. The summed E-state index contributed by atoms with van der Waals surface area (Å²) in [7, 11) is 0. The molecule has 0 aromatic carbocycles. The zero-order valence-corrected chi connectivity index (χ0v) is 7.64. The summed E-state index contributed by atoms with van der Waals surface area (Å²) in [5.41, 5.74) is -1.09. The number of imide groups is 2. The molecular weight excluding hydrogens is 172 g/mol. The Kier molecular flexibility index (Phi) is 2.36. The fourth-order valence-corrected chi connectivity index (χ4v) is 1.34. The predicted octanol–water partition coefficient (Wildman–Crippen LogP) is 0.159. The molecule has 0 spiro atoms. The first-order valence-corrected chi connectivity index (χ1v) is 4.17. The topological polar surface area (TPSA) is 75.3 Å². The molecule has 0 unspecified atom stereocenters. The maximum absolute atomic E-state index is 11.3. The van der Waals surface area contributed by atoms with E-state index in [1.54, 1.807) is 0 Å². The van der Waals surface area contributed by atoms with Crippen LogP contribution >= 0.6 is 0 Å². The van der Waals surface area contributed by atoms with Crippen molar-refractivity contribution < 1.29 is 14.4 Å². The molecule has 4 amide bonds. The van der Waals surface area contributed by atoms with Crippen LogP contribution in [0.5, 0.6) is 0 Å². The zero-order valence-electron chi connectivity index (χ0n) is 7.64. The molecule has 1 aliphatic rings. The molecule has 0 aliphatic carbocycles. The molecule has 13 heavy (non-hydrogen) atoms. The van der Waals surface area contributed by atoms with Crippen molar-refractivity contribution in [3.63, 3.8) is 0 Å². The average molecular weight is 184 g/mol. The Bertz CT molecular complexity index is 253. The summed E-state index contributed by atoms with van der Waals surface area (Å²) < 4.78 is 0. The van der Waals surface area contributed by atoms with Crippen molar-refractivity contribution in [3.05, 3.63) is 0 Å². The fourth-order valence-electron chi connectivity index (χ4n) is 1.34. The van der Waals surface area contributed by atoms with Gasteiger partial charge in [-0.2, -0.15) is 0 Å². The second-order valence-corrected chi connectivity index (χ2v) is 3.32. The smallest absolute Gasteiger partial charge is 0.277 e. The molecule has 1 fully saturated rings. The van der Waals surface area contributed by atoms with Gasteiger partial charge in [-0.05, 0) is 13.3 Å². The molecule has 1 heterocycles. The lowest BCUT2D eigenvalue weighted by atomic mass is 9.82. The number of amides is 4. The highest BCUT2D eigenvalue weighted by atomic mass is 16.2. The van der Waals surface area contributed by atoms with E-state index < -0.39 is 23.3 Å². The minimum absolute atomic E-state index is 0.442. The minimum atomic E-state index is -1.09. The van der Waals surface area contributed by atoms with Crippen molar-refractivity contribution in [2.75, 3.05) is 0 Å². The van der Waals surface area contributed by atoms with E-state index in [2.05, 4.69) is 10.6 Å². The van der Waals surface area contributed by atoms with Gasteiger partial charge in [0.15, 0.2) is 0 Å². The van der Waals surface area contributed by atoms with Crippen LogP contribution < -0.4 is 10.6 Å². The van der Waals surface area contributed by atoms with Gasteiger partial charge < -0.3 is 0 Å². The number of hydrogen-bond donors (Lipinski definition) is 2. The van der Waals surface area contributed by atoms with E-state index in [1.807, 2.05) is 6.92 Å². The molecule has 5 heteroatoms. The first-order valence-electron chi connectivity index (χ1n) is 4.17. The molecule has 0 saturated carbocycles. The Morgan fingerprint density at radius 2 is 1.62 bits per heavy atom. The predicted molar refractivity (Wildman–Crippen MR) is 44.7 cm³/mol. The molecular formula is C8H12N2O3. The first-order chi connectivity index (χ1) is 6.00. The van der Waals surface area contributed by atoms with E-state index in [-0.39, 0.29) is 0 Å². The fraction of sp³-hybridized carbons (Fsp3) is 0.625. The minimum Gasteiger partial charge on any atom is -0.277 e. The van der Waals surface area contributed by atoms with Crippen molar-refractivity contribution in [2.45, 2.75) is 26.7 Å². The summed E-state index contributed by atoms with van der Waals surface area (Å²) in [5.74, 6) is -1.02. The van der Waals surface area contributed by atoms with Gasteiger partial charge in [0.05, 0.1) is 0 Å². The van der Waals surface area contributed by atoms with Gasteiger partial charge in [0.1, 0.15) is 5.41 Å². The van der Waals surface area contributed by atoms with Crippen LogP contribution in [0.15, 0.2) is 0 Å². The Morgan fingerprint density at radius 1 is 1.15 bits per heavy atom.